The van der Waals surface area contributed by atoms with E-state index in [0.717, 1.165) is 19.0 Å². The number of unbranched alkanes of at least 4 members (excludes halogenated alkanes) is 1. The van der Waals surface area contributed by atoms with Crippen LogP contribution < -0.4 is 5.32 Å². The van der Waals surface area contributed by atoms with E-state index in [2.05, 4.69) is 24.2 Å². The molecule has 1 aliphatic heterocycles. The molecule has 1 heterocycles. The van der Waals surface area contributed by atoms with Crippen LogP contribution in [0.3, 0.4) is 0 Å². The molecule has 1 aliphatic rings. The van der Waals surface area contributed by atoms with Crippen molar-refractivity contribution in [3.63, 3.8) is 0 Å². The van der Waals surface area contributed by atoms with Crippen molar-refractivity contribution in [2.45, 2.75) is 31.7 Å². The van der Waals surface area contributed by atoms with Crippen molar-refractivity contribution in [1.29, 1.82) is 0 Å². The van der Waals surface area contributed by atoms with Gasteiger partial charge in [-0.15, -0.1) is 0 Å². The van der Waals surface area contributed by atoms with Crippen LogP contribution in [-0.2, 0) is 0 Å². The molecule has 0 atom stereocenters. The fourth-order valence-electron chi connectivity index (χ4n) is 1.64. The van der Waals surface area contributed by atoms with E-state index in [-0.39, 0.29) is 0 Å². The third kappa shape index (κ3) is 3.55. The van der Waals surface area contributed by atoms with Gasteiger partial charge >= 0.3 is 0 Å². The second-order valence-electron chi connectivity index (χ2n) is 3.74. The number of hydrogen-bond donors (Lipinski definition) is 1. The van der Waals surface area contributed by atoms with Crippen molar-refractivity contribution in [3.8, 4) is 0 Å². The van der Waals surface area contributed by atoms with Crippen molar-refractivity contribution in [3.05, 3.63) is 6.92 Å². The summed E-state index contributed by atoms with van der Waals surface area (Å²) >= 11 is 0. The maximum absolute atomic E-state index is 3.83. The van der Waals surface area contributed by atoms with Gasteiger partial charge in [0.05, 0.1) is 0 Å². The highest BCUT2D eigenvalue weighted by atomic mass is 15.1. The van der Waals surface area contributed by atoms with Crippen LogP contribution in [0, 0.1) is 6.92 Å². The molecule has 71 valence electrons. The van der Waals surface area contributed by atoms with Gasteiger partial charge < -0.3 is 10.2 Å². The zero-order valence-electron chi connectivity index (χ0n) is 8.18. The fraction of sp³-hybridized carbons (Fsp3) is 0.900. The molecule has 1 rings (SSSR count). The molecular formula is C10H21N2. The Kier molecular flexibility index (Phi) is 4.62. The SMILES string of the molecule is [CH2]CCCNC1CCN(C)CC1. The van der Waals surface area contributed by atoms with Gasteiger partial charge in [0.25, 0.3) is 0 Å². The summed E-state index contributed by atoms with van der Waals surface area (Å²) in [6, 6.07) is 0.771. The van der Waals surface area contributed by atoms with Gasteiger partial charge in [-0.2, -0.15) is 0 Å². The number of nitrogens with zero attached hydrogens (tertiary/aromatic N) is 1. The molecule has 0 aromatic heterocycles. The molecule has 0 aromatic rings. The summed E-state index contributed by atoms with van der Waals surface area (Å²) in [5, 5.41) is 3.58. The van der Waals surface area contributed by atoms with Gasteiger partial charge in [-0.3, -0.25) is 0 Å². The predicted octanol–water partition coefficient (Wildman–Crippen LogP) is 1.28. The first-order chi connectivity index (χ1) is 5.83. The number of likely N-dealkylation sites (tertiary alicyclic amines) is 1. The number of piperidine rings is 1. The summed E-state index contributed by atoms with van der Waals surface area (Å²) in [7, 11) is 2.20. The molecule has 1 N–H and O–H groups in total. The van der Waals surface area contributed by atoms with Crippen molar-refractivity contribution in [2.75, 3.05) is 26.7 Å². The van der Waals surface area contributed by atoms with Gasteiger partial charge in [0.2, 0.25) is 0 Å². The normalized spacial score (nSPS) is 21.5. The highest BCUT2D eigenvalue weighted by Crippen LogP contribution is 2.07. The molecule has 12 heavy (non-hydrogen) atoms. The lowest BCUT2D eigenvalue weighted by atomic mass is 10.1. The highest BCUT2D eigenvalue weighted by Gasteiger charge is 2.14. The van der Waals surface area contributed by atoms with E-state index in [1.165, 1.54) is 32.4 Å². The summed E-state index contributed by atoms with van der Waals surface area (Å²) < 4.78 is 0. The van der Waals surface area contributed by atoms with E-state index in [9.17, 15) is 0 Å². The van der Waals surface area contributed by atoms with Gasteiger partial charge in [0, 0.05) is 6.04 Å². The van der Waals surface area contributed by atoms with Crippen LogP contribution in [0.4, 0.5) is 0 Å². The van der Waals surface area contributed by atoms with Crippen molar-refractivity contribution in [1.82, 2.24) is 10.2 Å². The zero-order chi connectivity index (χ0) is 8.81. The molecule has 1 saturated heterocycles. The van der Waals surface area contributed by atoms with Gasteiger partial charge in [0.1, 0.15) is 0 Å². The Morgan fingerprint density at radius 1 is 1.42 bits per heavy atom. The van der Waals surface area contributed by atoms with E-state index < -0.39 is 0 Å². The number of nitrogens with one attached hydrogen (secondary N) is 1. The molecule has 2 heteroatoms. The average molecular weight is 169 g/mol. The molecule has 2 nitrogen and oxygen atoms in total. The van der Waals surface area contributed by atoms with E-state index >= 15 is 0 Å². The maximum atomic E-state index is 3.83. The van der Waals surface area contributed by atoms with E-state index in [1.807, 2.05) is 0 Å². The second kappa shape index (κ2) is 5.55. The predicted molar refractivity (Wildman–Crippen MR) is 53.1 cm³/mol. The molecule has 1 radical (unpaired) electrons. The summed E-state index contributed by atoms with van der Waals surface area (Å²) in [6.07, 6.45) is 4.90. The lowest BCUT2D eigenvalue weighted by Crippen LogP contribution is -2.41. The Bertz CT molecular complexity index is 106. The van der Waals surface area contributed by atoms with E-state index in [0.29, 0.717) is 0 Å². The molecule has 0 spiro atoms. The molecule has 0 aromatic carbocycles. The largest absolute Gasteiger partial charge is 0.314 e. The Hall–Kier alpha value is -0.0800. The molecule has 0 amide bonds. The smallest absolute Gasteiger partial charge is 0.00914 e. The second-order valence-corrected chi connectivity index (χ2v) is 3.74. The number of rotatable bonds is 4. The van der Waals surface area contributed by atoms with Crippen molar-refractivity contribution in [2.24, 2.45) is 0 Å². The minimum atomic E-state index is 0.771. The maximum Gasteiger partial charge on any atom is 0.00914 e. The van der Waals surface area contributed by atoms with Crippen LogP contribution in [0.1, 0.15) is 25.7 Å². The van der Waals surface area contributed by atoms with E-state index in [4.69, 9.17) is 0 Å². The quantitative estimate of drug-likeness (QED) is 0.638. The lowest BCUT2D eigenvalue weighted by molar-refractivity contribution is 0.235. The topological polar surface area (TPSA) is 15.3 Å². The van der Waals surface area contributed by atoms with Crippen LogP contribution in [0.15, 0.2) is 0 Å². The summed E-state index contributed by atoms with van der Waals surface area (Å²) in [5.41, 5.74) is 0. The molecule has 0 bridgehead atoms. The summed E-state index contributed by atoms with van der Waals surface area (Å²) in [6.45, 7) is 7.49. The van der Waals surface area contributed by atoms with Gasteiger partial charge in [-0.1, -0.05) is 13.3 Å². The monoisotopic (exact) mass is 169 g/mol. The standard InChI is InChI=1S/C10H21N2/c1-3-4-7-11-10-5-8-12(2)9-6-10/h10-11H,1,3-9H2,2H3. The molecule has 0 saturated carbocycles. The first-order valence-electron chi connectivity index (χ1n) is 5.04. The van der Waals surface area contributed by atoms with Crippen LogP contribution in [0.25, 0.3) is 0 Å². The molecule has 0 unspecified atom stereocenters. The minimum Gasteiger partial charge on any atom is -0.314 e. The summed E-state index contributed by atoms with van der Waals surface area (Å²) in [4.78, 5) is 2.40. The Balaban J connectivity index is 2.01. The number of hydrogen-bond acceptors (Lipinski definition) is 2. The molecule has 0 aliphatic carbocycles. The average Bonchev–Trinajstić information content (AvgIpc) is 2.09. The lowest BCUT2D eigenvalue weighted by Gasteiger charge is -2.29. The van der Waals surface area contributed by atoms with Crippen molar-refractivity contribution >= 4 is 0 Å². The van der Waals surface area contributed by atoms with Gasteiger partial charge in [-0.05, 0) is 45.9 Å². The minimum absolute atomic E-state index is 0.771. The Morgan fingerprint density at radius 2 is 2.08 bits per heavy atom. The van der Waals surface area contributed by atoms with Gasteiger partial charge in [-0.25, -0.2) is 0 Å². The highest BCUT2D eigenvalue weighted by molar-refractivity contribution is 4.75. The fourth-order valence-corrected chi connectivity index (χ4v) is 1.64. The van der Waals surface area contributed by atoms with Crippen LogP contribution in [0.5, 0.6) is 0 Å². The van der Waals surface area contributed by atoms with Crippen LogP contribution >= 0.6 is 0 Å². The Morgan fingerprint density at radius 3 is 2.67 bits per heavy atom. The molecular weight excluding hydrogens is 148 g/mol. The van der Waals surface area contributed by atoms with E-state index in [1.54, 1.807) is 0 Å². The molecule has 1 fully saturated rings. The van der Waals surface area contributed by atoms with Crippen molar-refractivity contribution < 1.29 is 0 Å². The van der Waals surface area contributed by atoms with Crippen LogP contribution in [-0.4, -0.2) is 37.6 Å². The van der Waals surface area contributed by atoms with Gasteiger partial charge in [0.15, 0.2) is 0 Å². The first-order valence-corrected chi connectivity index (χ1v) is 5.04. The third-order valence-electron chi connectivity index (χ3n) is 2.58. The zero-order valence-corrected chi connectivity index (χ0v) is 8.18. The third-order valence-corrected chi connectivity index (χ3v) is 2.58. The summed E-state index contributed by atoms with van der Waals surface area (Å²) in [5.74, 6) is 0. The first kappa shape index (κ1) is 10.0. The van der Waals surface area contributed by atoms with Crippen LogP contribution in [0.2, 0.25) is 0 Å². The Labute approximate surface area is 76.3 Å².